The first-order valence-corrected chi connectivity index (χ1v) is 12.7. The van der Waals surface area contributed by atoms with Crippen LogP contribution < -0.4 is 15.5 Å². The zero-order chi connectivity index (χ0) is 25.0. The molecule has 0 unspecified atom stereocenters. The average Bonchev–Trinajstić information content (AvgIpc) is 2.84. The number of carbonyl (C=O) groups is 1. The second kappa shape index (κ2) is 10.9. The third-order valence-corrected chi connectivity index (χ3v) is 7.59. The van der Waals surface area contributed by atoms with E-state index in [0.29, 0.717) is 11.6 Å². The third-order valence-electron chi connectivity index (χ3n) is 7.59. The number of hydrogen-bond donors (Lipinski definition) is 2. The summed E-state index contributed by atoms with van der Waals surface area (Å²) in [5, 5.41) is 6.42. The van der Waals surface area contributed by atoms with Crippen molar-refractivity contribution in [3.63, 3.8) is 0 Å². The molecule has 0 atom stereocenters. The summed E-state index contributed by atoms with van der Waals surface area (Å²) in [5.74, 6) is 0.617. The lowest BCUT2D eigenvalue weighted by Crippen LogP contribution is -2.41. The Bertz CT molecular complexity index is 989. The molecular weight excluding hydrogens is 451 g/mol. The van der Waals surface area contributed by atoms with Crippen molar-refractivity contribution in [1.29, 1.82) is 0 Å². The van der Waals surface area contributed by atoms with Gasteiger partial charge >= 0.3 is 6.18 Å². The van der Waals surface area contributed by atoms with Crippen molar-refractivity contribution < 1.29 is 18.0 Å². The maximum atomic E-state index is 13.2. The van der Waals surface area contributed by atoms with E-state index in [2.05, 4.69) is 46.7 Å². The summed E-state index contributed by atoms with van der Waals surface area (Å²) in [7, 11) is 0. The van der Waals surface area contributed by atoms with Gasteiger partial charge in [-0.1, -0.05) is 23.8 Å². The molecule has 0 aromatic heterocycles. The molecule has 1 saturated heterocycles. The van der Waals surface area contributed by atoms with Crippen molar-refractivity contribution >= 4 is 17.3 Å². The van der Waals surface area contributed by atoms with Crippen molar-refractivity contribution in [3.8, 4) is 0 Å². The molecule has 1 aliphatic carbocycles. The fourth-order valence-corrected chi connectivity index (χ4v) is 5.29. The quantitative estimate of drug-likeness (QED) is 0.501. The Morgan fingerprint density at radius 1 is 0.943 bits per heavy atom. The number of piperidine rings is 1. The molecule has 0 radical (unpaired) electrons. The fraction of sp³-hybridized carbons (Fsp3) is 0.536. The summed E-state index contributed by atoms with van der Waals surface area (Å²) in [4.78, 5) is 15.2. The highest BCUT2D eigenvalue weighted by atomic mass is 19.4. The number of anilines is 2. The molecule has 2 aliphatic rings. The van der Waals surface area contributed by atoms with E-state index in [1.54, 1.807) is 6.07 Å². The fourth-order valence-electron chi connectivity index (χ4n) is 5.29. The van der Waals surface area contributed by atoms with Crippen LogP contribution in [-0.4, -0.2) is 31.6 Å². The minimum Gasteiger partial charge on any atom is -0.382 e. The highest BCUT2D eigenvalue weighted by Gasteiger charge is 2.33. The third kappa shape index (κ3) is 6.71. The second-order valence-electron chi connectivity index (χ2n) is 10.2. The Morgan fingerprint density at radius 2 is 1.60 bits per heavy atom. The molecule has 190 valence electrons. The van der Waals surface area contributed by atoms with Gasteiger partial charge in [-0.3, -0.25) is 4.79 Å². The van der Waals surface area contributed by atoms with E-state index in [4.69, 9.17) is 0 Å². The molecular formula is C28H36F3N3O. The lowest BCUT2D eigenvalue weighted by molar-refractivity contribution is -0.138. The molecule has 1 saturated carbocycles. The number of aryl methyl sites for hydroxylation is 2. The summed E-state index contributed by atoms with van der Waals surface area (Å²) in [6, 6.07) is 13.1. The first-order chi connectivity index (χ1) is 16.7. The molecule has 2 N–H and O–H groups in total. The van der Waals surface area contributed by atoms with E-state index in [-0.39, 0.29) is 23.4 Å². The van der Waals surface area contributed by atoms with Crippen LogP contribution in [0, 0.1) is 25.7 Å². The largest absolute Gasteiger partial charge is 0.416 e. The minimum absolute atomic E-state index is 0.00977. The van der Waals surface area contributed by atoms with Gasteiger partial charge in [-0.15, -0.1) is 0 Å². The number of nitrogens with zero attached hydrogens (tertiary/aromatic N) is 1. The monoisotopic (exact) mass is 487 g/mol. The summed E-state index contributed by atoms with van der Waals surface area (Å²) >= 11 is 0. The normalized spacial score (nSPS) is 21.6. The average molecular weight is 488 g/mol. The summed E-state index contributed by atoms with van der Waals surface area (Å²) in [6.07, 6.45) is 0.864. The van der Waals surface area contributed by atoms with E-state index in [1.165, 1.54) is 30.3 Å². The molecule has 2 fully saturated rings. The smallest absolute Gasteiger partial charge is 0.382 e. The Hall–Kier alpha value is -2.70. The van der Waals surface area contributed by atoms with Gasteiger partial charge < -0.3 is 15.5 Å². The van der Waals surface area contributed by atoms with Crippen LogP contribution in [0.2, 0.25) is 0 Å². The number of alkyl halides is 3. The minimum atomic E-state index is -4.35. The van der Waals surface area contributed by atoms with Gasteiger partial charge in [0.2, 0.25) is 5.91 Å². The predicted octanol–water partition coefficient (Wildman–Crippen LogP) is 6.33. The van der Waals surface area contributed by atoms with Crippen molar-refractivity contribution in [1.82, 2.24) is 5.32 Å². The van der Waals surface area contributed by atoms with Crippen molar-refractivity contribution in [3.05, 3.63) is 59.2 Å². The lowest BCUT2D eigenvalue weighted by atomic mass is 9.85. The number of benzene rings is 2. The molecule has 0 bridgehead atoms. The lowest BCUT2D eigenvalue weighted by Gasteiger charge is -2.34. The molecule has 4 rings (SSSR count). The molecule has 7 heteroatoms. The number of nitrogens with one attached hydrogen (secondary N) is 2. The Kier molecular flexibility index (Phi) is 7.92. The molecule has 1 amide bonds. The summed E-state index contributed by atoms with van der Waals surface area (Å²) < 4.78 is 39.6. The standard InChI is InChI=1S/C28H36F3N3O/c1-19-3-11-25(12-4-19)34-15-13-21(14-16-34)18-32-27(35)22-6-9-23(10-7-22)33-24-8-5-20(2)26(17-24)28(29,30)31/h3-5,8,11-12,17,21-23,33H,6-7,9-10,13-16,18H2,1-2H3,(H,32,35). The molecule has 4 nitrogen and oxygen atoms in total. The Balaban J connectivity index is 1.18. The van der Waals surface area contributed by atoms with Crippen LogP contribution in [0.3, 0.4) is 0 Å². The summed E-state index contributed by atoms with van der Waals surface area (Å²) in [6.45, 7) is 6.32. The van der Waals surface area contributed by atoms with Crippen LogP contribution >= 0.6 is 0 Å². The van der Waals surface area contributed by atoms with E-state index < -0.39 is 11.7 Å². The van der Waals surface area contributed by atoms with Crippen LogP contribution in [-0.2, 0) is 11.0 Å². The topological polar surface area (TPSA) is 44.4 Å². The van der Waals surface area contributed by atoms with Gasteiger partial charge in [0.1, 0.15) is 0 Å². The molecule has 0 spiro atoms. The maximum absolute atomic E-state index is 13.2. The maximum Gasteiger partial charge on any atom is 0.416 e. The second-order valence-corrected chi connectivity index (χ2v) is 10.2. The highest BCUT2D eigenvalue weighted by molar-refractivity contribution is 5.78. The number of rotatable bonds is 6. The van der Waals surface area contributed by atoms with Gasteiger partial charge in [0.25, 0.3) is 0 Å². The number of amides is 1. The van der Waals surface area contributed by atoms with Gasteiger partial charge in [-0.05, 0) is 88.1 Å². The van der Waals surface area contributed by atoms with E-state index >= 15 is 0 Å². The first kappa shape index (κ1) is 25.4. The van der Waals surface area contributed by atoms with Gasteiger partial charge in [0.15, 0.2) is 0 Å². The zero-order valence-corrected chi connectivity index (χ0v) is 20.6. The number of halogens is 3. The van der Waals surface area contributed by atoms with Crippen LogP contribution in [0.15, 0.2) is 42.5 Å². The molecule has 2 aromatic carbocycles. The number of carbonyl (C=O) groups excluding carboxylic acids is 1. The molecule has 1 aliphatic heterocycles. The van der Waals surface area contributed by atoms with E-state index in [1.807, 2.05) is 0 Å². The Morgan fingerprint density at radius 3 is 2.23 bits per heavy atom. The number of hydrogen-bond acceptors (Lipinski definition) is 3. The van der Waals surface area contributed by atoms with Crippen LogP contribution in [0.4, 0.5) is 24.5 Å². The van der Waals surface area contributed by atoms with Gasteiger partial charge in [-0.25, -0.2) is 0 Å². The summed E-state index contributed by atoms with van der Waals surface area (Å²) in [5.41, 5.74) is 2.66. The first-order valence-electron chi connectivity index (χ1n) is 12.7. The van der Waals surface area contributed by atoms with Crippen LogP contribution in [0.25, 0.3) is 0 Å². The molecule has 35 heavy (non-hydrogen) atoms. The van der Waals surface area contributed by atoms with Crippen molar-refractivity contribution in [2.75, 3.05) is 29.9 Å². The Labute approximate surface area is 206 Å². The van der Waals surface area contributed by atoms with Crippen molar-refractivity contribution in [2.45, 2.75) is 64.6 Å². The van der Waals surface area contributed by atoms with Crippen LogP contribution in [0.5, 0.6) is 0 Å². The predicted molar refractivity (Wildman–Crippen MR) is 135 cm³/mol. The van der Waals surface area contributed by atoms with E-state index in [0.717, 1.165) is 58.2 Å². The van der Waals surface area contributed by atoms with Gasteiger partial charge in [-0.2, -0.15) is 13.2 Å². The van der Waals surface area contributed by atoms with Gasteiger partial charge in [0.05, 0.1) is 5.56 Å². The van der Waals surface area contributed by atoms with Crippen molar-refractivity contribution in [2.24, 2.45) is 11.8 Å². The SMILES string of the molecule is Cc1ccc(N2CCC(CNC(=O)C3CCC(Nc4ccc(C)c(C(F)(F)F)c4)CC3)CC2)cc1. The van der Waals surface area contributed by atoms with E-state index in [9.17, 15) is 18.0 Å². The van der Waals surface area contributed by atoms with Crippen LogP contribution in [0.1, 0.15) is 55.2 Å². The highest BCUT2D eigenvalue weighted by Crippen LogP contribution is 2.34. The molecule has 1 heterocycles. The zero-order valence-electron chi connectivity index (χ0n) is 20.6. The van der Waals surface area contributed by atoms with Gasteiger partial charge in [0, 0.05) is 43.0 Å². The molecule has 2 aromatic rings.